The van der Waals surface area contributed by atoms with Gasteiger partial charge in [-0.1, -0.05) is 28.8 Å². The summed E-state index contributed by atoms with van der Waals surface area (Å²) in [6.45, 7) is 1.92. The highest BCUT2D eigenvalue weighted by Gasteiger charge is 2.14. The van der Waals surface area contributed by atoms with E-state index < -0.39 is 5.82 Å². The Morgan fingerprint density at radius 1 is 1.21 bits per heavy atom. The number of halogens is 2. The maximum Gasteiger partial charge on any atom is 0.244 e. The van der Waals surface area contributed by atoms with Crippen LogP contribution in [0.3, 0.4) is 0 Å². The van der Waals surface area contributed by atoms with E-state index in [4.69, 9.17) is 0 Å². The van der Waals surface area contributed by atoms with Crippen LogP contribution in [0.25, 0.3) is 6.08 Å². The molecule has 0 atom stereocenters. The molecule has 4 nitrogen and oxygen atoms in total. The third-order valence-corrected chi connectivity index (χ3v) is 4.46. The number of nitrogens with zero attached hydrogens (tertiary/aromatic N) is 1. The van der Waals surface area contributed by atoms with Crippen molar-refractivity contribution in [2.75, 3.05) is 19.6 Å². The summed E-state index contributed by atoms with van der Waals surface area (Å²) in [6.07, 6.45) is 7.46. The zero-order valence-electron chi connectivity index (χ0n) is 13.6. The highest BCUT2D eigenvalue weighted by Crippen LogP contribution is 2.16. The summed E-state index contributed by atoms with van der Waals surface area (Å²) < 4.78 is 14.3. The van der Waals surface area contributed by atoms with Gasteiger partial charge in [0.1, 0.15) is 5.82 Å². The number of hydrogen-bond acceptors (Lipinski definition) is 2. The number of carbonyl (C=O) groups excluding carboxylic acids is 2. The molecule has 0 bridgehead atoms. The first-order valence-electron chi connectivity index (χ1n) is 8.25. The van der Waals surface area contributed by atoms with Gasteiger partial charge in [0.15, 0.2) is 0 Å². The molecule has 1 heterocycles. The molecular formula is C18H22BrFN2O2. The summed E-state index contributed by atoms with van der Waals surface area (Å²) in [7, 11) is 0. The molecule has 6 heteroatoms. The van der Waals surface area contributed by atoms with E-state index in [1.165, 1.54) is 31.1 Å². The van der Waals surface area contributed by atoms with Gasteiger partial charge in [-0.15, -0.1) is 0 Å². The molecule has 1 N–H and O–H groups in total. The first-order chi connectivity index (χ1) is 11.6. The summed E-state index contributed by atoms with van der Waals surface area (Å²) >= 11 is 3.26. The van der Waals surface area contributed by atoms with Crippen molar-refractivity contribution in [2.45, 2.75) is 32.1 Å². The minimum absolute atomic E-state index is 0.0826. The van der Waals surface area contributed by atoms with Crippen LogP contribution in [0.5, 0.6) is 0 Å². The van der Waals surface area contributed by atoms with Crippen LogP contribution in [-0.2, 0) is 9.59 Å². The number of carbonyl (C=O) groups is 2. The number of nitrogens with one attached hydrogen (secondary N) is 1. The third kappa shape index (κ3) is 6.07. The van der Waals surface area contributed by atoms with Crippen LogP contribution in [0.4, 0.5) is 4.39 Å². The fraction of sp³-hybridized carbons (Fsp3) is 0.444. The van der Waals surface area contributed by atoms with Gasteiger partial charge in [0, 0.05) is 42.2 Å². The number of likely N-dealkylation sites (tertiary alicyclic amines) is 1. The van der Waals surface area contributed by atoms with E-state index in [2.05, 4.69) is 21.2 Å². The number of hydrogen-bond donors (Lipinski definition) is 1. The second kappa shape index (κ2) is 9.57. The van der Waals surface area contributed by atoms with Crippen molar-refractivity contribution in [3.63, 3.8) is 0 Å². The van der Waals surface area contributed by atoms with E-state index in [9.17, 15) is 14.0 Å². The van der Waals surface area contributed by atoms with Crippen molar-refractivity contribution < 1.29 is 14.0 Å². The van der Waals surface area contributed by atoms with Gasteiger partial charge in [0.05, 0.1) is 0 Å². The van der Waals surface area contributed by atoms with E-state index in [-0.39, 0.29) is 11.8 Å². The van der Waals surface area contributed by atoms with Crippen LogP contribution in [0.15, 0.2) is 28.7 Å². The lowest BCUT2D eigenvalue weighted by Gasteiger charge is -2.20. The Bertz CT molecular complexity index is 611. The van der Waals surface area contributed by atoms with Gasteiger partial charge in [0.2, 0.25) is 11.8 Å². The van der Waals surface area contributed by atoms with Crippen molar-refractivity contribution in [1.82, 2.24) is 10.2 Å². The quantitative estimate of drug-likeness (QED) is 0.774. The van der Waals surface area contributed by atoms with E-state index in [0.717, 1.165) is 30.4 Å². The summed E-state index contributed by atoms with van der Waals surface area (Å²) in [6, 6.07) is 4.53. The standard InChI is InChI=1S/C18H22BrFN2O2/c19-15-6-7-16(20)14(13-15)5-8-17(23)21-10-9-18(24)22-11-3-1-2-4-12-22/h5-8,13H,1-4,9-12H2,(H,21,23)/b8-5+. The number of amides is 2. The molecule has 1 aliphatic heterocycles. The Kier molecular flexibility index (Phi) is 7.43. The summed E-state index contributed by atoms with van der Waals surface area (Å²) in [4.78, 5) is 25.7. The summed E-state index contributed by atoms with van der Waals surface area (Å²) in [5, 5.41) is 2.67. The fourth-order valence-corrected chi connectivity index (χ4v) is 3.02. The van der Waals surface area contributed by atoms with Crippen molar-refractivity contribution >= 4 is 33.8 Å². The van der Waals surface area contributed by atoms with Crippen LogP contribution >= 0.6 is 15.9 Å². The predicted octanol–water partition coefficient (Wildman–Crippen LogP) is 3.51. The number of rotatable bonds is 5. The van der Waals surface area contributed by atoms with Crippen LogP contribution in [0, 0.1) is 5.82 Å². The van der Waals surface area contributed by atoms with E-state index in [1.54, 1.807) is 12.1 Å². The number of benzene rings is 1. The Hall–Kier alpha value is -1.69. The maximum atomic E-state index is 13.6. The second-order valence-corrected chi connectivity index (χ2v) is 6.75. The molecule has 2 amide bonds. The second-order valence-electron chi connectivity index (χ2n) is 5.84. The minimum atomic E-state index is -0.390. The molecule has 1 fully saturated rings. The average molecular weight is 397 g/mol. The molecule has 1 saturated heterocycles. The normalized spacial score (nSPS) is 15.3. The van der Waals surface area contributed by atoms with Crippen LogP contribution in [0.2, 0.25) is 0 Å². The molecule has 0 spiro atoms. The average Bonchev–Trinajstić information content (AvgIpc) is 2.85. The molecule has 0 unspecified atom stereocenters. The minimum Gasteiger partial charge on any atom is -0.352 e. The first kappa shape index (κ1) is 18.6. The van der Waals surface area contributed by atoms with E-state index in [0.29, 0.717) is 18.5 Å². The monoisotopic (exact) mass is 396 g/mol. The zero-order chi connectivity index (χ0) is 17.4. The molecular weight excluding hydrogens is 375 g/mol. The van der Waals surface area contributed by atoms with Gasteiger partial charge in [-0.05, 0) is 37.1 Å². The highest BCUT2D eigenvalue weighted by molar-refractivity contribution is 9.10. The van der Waals surface area contributed by atoms with Gasteiger partial charge >= 0.3 is 0 Å². The SMILES string of the molecule is O=C(/C=C/c1cc(Br)ccc1F)NCCC(=O)N1CCCCCC1. The maximum absolute atomic E-state index is 13.6. The molecule has 1 aromatic carbocycles. The Labute approximate surface area is 150 Å². The molecule has 24 heavy (non-hydrogen) atoms. The topological polar surface area (TPSA) is 49.4 Å². The lowest BCUT2D eigenvalue weighted by atomic mass is 10.2. The first-order valence-corrected chi connectivity index (χ1v) is 9.04. The van der Waals surface area contributed by atoms with Gasteiger partial charge in [0.25, 0.3) is 0 Å². The lowest BCUT2D eigenvalue weighted by Crippen LogP contribution is -2.34. The van der Waals surface area contributed by atoms with Crippen molar-refractivity contribution in [3.05, 3.63) is 40.1 Å². The molecule has 0 saturated carbocycles. The zero-order valence-corrected chi connectivity index (χ0v) is 15.1. The smallest absolute Gasteiger partial charge is 0.244 e. The Morgan fingerprint density at radius 3 is 2.62 bits per heavy atom. The van der Waals surface area contributed by atoms with Gasteiger partial charge in [-0.3, -0.25) is 9.59 Å². The largest absolute Gasteiger partial charge is 0.352 e. The third-order valence-electron chi connectivity index (χ3n) is 3.97. The Balaban J connectivity index is 1.75. The van der Waals surface area contributed by atoms with Crippen LogP contribution < -0.4 is 5.32 Å². The molecule has 1 aliphatic rings. The molecule has 0 radical (unpaired) electrons. The van der Waals surface area contributed by atoms with Crippen LogP contribution in [0.1, 0.15) is 37.7 Å². The van der Waals surface area contributed by atoms with Gasteiger partial charge < -0.3 is 10.2 Å². The molecule has 1 aromatic rings. The summed E-state index contributed by atoms with van der Waals surface area (Å²) in [5.74, 6) is -0.643. The molecule has 0 aromatic heterocycles. The fourth-order valence-electron chi connectivity index (χ4n) is 2.64. The van der Waals surface area contributed by atoms with E-state index in [1.807, 2.05) is 4.90 Å². The van der Waals surface area contributed by atoms with Crippen molar-refractivity contribution in [2.24, 2.45) is 0 Å². The van der Waals surface area contributed by atoms with Crippen molar-refractivity contribution in [1.29, 1.82) is 0 Å². The summed E-state index contributed by atoms with van der Waals surface area (Å²) in [5.41, 5.74) is 0.333. The van der Waals surface area contributed by atoms with E-state index >= 15 is 0 Å². The van der Waals surface area contributed by atoms with Gasteiger partial charge in [-0.2, -0.15) is 0 Å². The molecule has 130 valence electrons. The lowest BCUT2D eigenvalue weighted by molar-refractivity contribution is -0.131. The Morgan fingerprint density at radius 2 is 1.92 bits per heavy atom. The van der Waals surface area contributed by atoms with Crippen LogP contribution in [-0.4, -0.2) is 36.3 Å². The molecule has 2 rings (SSSR count). The predicted molar refractivity (Wildman–Crippen MR) is 95.8 cm³/mol. The van der Waals surface area contributed by atoms with Gasteiger partial charge in [-0.25, -0.2) is 4.39 Å². The van der Waals surface area contributed by atoms with Crippen molar-refractivity contribution in [3.8, 4) is 0 Å². The highest BCUT2D eigenvalue weighted by atomic mass is 79.9. The molecule has 0 aliphatic carbocycles.